The lowest BCUT2D eigenvalue weighted by atomic mass is 9.37. The minimum atomic E-state index is -1.20. The number of epoxide rings is 1. The zero-order chi connectivity index (χ0) is 23.5. The summed E-state index contributed by atoms with van der Waals surface area (Å²) in [5.74, 6) is -1.45. The Labute approximate surface area is 187 Å². The van der Waals surface area contributed by atoms with Gasteiger partial charge in [0, 0.05) is 28.7 Å². The van der Waals surface area contributed by atoms with Crippen molar-refractivity contribution < 1.29 is 33.4 Å². The minimum absolute atomic E-state index is 0.0460. The first-order chi connectivity index (χ1) is 14.8. The summed E-state index contributed by atoms with van der Waals surface area (Å²) in [6, 6.07) is 1.78. The number of ketones is 2. The molecule has 1 aromatic heterocycles. The van der Waals surface area contributed by atoms with Gasteiger partial charge >= 0.3 is 5.97 Å². The van der Waals surface area contributed by atoms with Gasteiger partial charge in [-0.15, -0.1) is 0 Å². The molecule has 1 N–H and O–H groups in total. The molecular formula is C25H32O7. The fourth-order valence-electron chi connectivity index (χ4n) is 8.09. The molecule has 2 aliphatic heterocycles. The molecule has 1 aromatic rings. The van der Waals surface area contributed by atoms with Gasteiger partial charge < -0.3 is 19.0 Å². The van der Waals surface area contributed by atoms with Crippen LogP contribution in [0.15, 0.2) is 23.0 Å². The van der Waals surface area contributed by atoms with Crippen molar-refractivity contribution in [1.29, 1.82) is 0 Å². The summed E-state index contributed by atoms with van der Waals surface area (Å²) in [6.45, 7) is 10.7. The zero-order valence-corrected chi connectivity index (χ0v) is 19.6. The van der Waals surface area contributed by atoms with Crippen molar-refractivity contribution in [2.24, 2.45) is 28.1 Å². The molecule has 2 saturated carbocycles. The second-order valence-corrected chi connectivity index (χ2v) is 11.5. The maximum Gasteiger partial charge on any atom is 0.339 e. The largest absolute Gasteiger partial charge is 0.472 e. The first-order valence-electron chi connectivity index (χ1n) is 11.4. The molecule has 7 nitrogen and oxygen atoms in total. The number of fused-ring (bicyclic) bond motifs is 1. The third-order valence-corrected chi connectivity index (χ3v) is 9.79. The van der Waals surface area contributed by atoms with E-state index in [1.165, 1.54) is 0 Å². The predicted molar refractivity (Wildman–Crippen MR) is 112 cm³/mol. The van der Waals surface area contributed by atoms with Gasteiger partial charge in [0.15, 0.2) is 6.10 Å². The Morgan fingerprint density at radius 1 is 1.19 bits per heavy atom. The maximum atomic E-state index is 14.0. The molecule has 2 saturated heterocycles. The number of cyclic esters (lactones) is 1. The fourth-order valence-corrected chi connectivity index (χ4v) is 8.09. The average molecular weight is 445 g/mol. The molecule has 7 heteroatoms. The Hall–Kier alpha value is -1.99. The Bertz CT molecular complexity index is 1010. The van der Waals surface area contributed by atoms with Crippen molar-refractivity contribution in [2.45, 2.75) is 84.2 Å². The number of esters is 1. The number of hydrogen-bond acceptors (Lipinski definition) is 7. The van der Waals surface area contributed by atoms with Gasteiger partial charge in [-0.2, -0.15) is 0 Å². The van der Waals surface area contributed by atoms with E-state index in [2.05, 4.69) is 0 Å². The highest BCUT2D eigenvalue weighted by Crippen LogP contribution is 2.78. The van der Waals surface area contributed by atoms with Crippen LogP contribution in [0.5, 0.6) is 0 Å². The lowest BCUT2D eigenvalue weighted by Gasteiger charge is -2.64. The molecule has 5 rings (SSSR count). The molecule has 2 aliphatic carbocycles. The highest BCUT2D eigenvalue weighted by molar-refractivity contribution is 5.96. The van der Waals surface area contributed by atoms with Crippen molar-refractivity contribution >= 4 is 17.5 Å². The highest BCUT2D eigenvalue weighted by atomic mass is 16.7. The molecule has 3 heterocycles. The molecule has 32 heavy (non-hydrogen) atoms. The molecule has 0 amide bonds. The van der Waals surface area contributed by atoms with Crippen LogP contribution in [0, 0.1) is 28.1 Å². The summed E-state index contributed by atoms with van der Waals surface area (Å²) in [7, 11) is 0. The van der Waals surface area contributed by atoms with Gasteiger partial charge in [0.25, 0.3) is 0 Å². The first-order valence-corrected chi connectivity index (χ1v) is 11.4. The SMILES string of the molecule is CC(=O)C1(C)C(C(C)(C)O)CC(=O)C2(C)C1CCC1(C)C(c3ccoc3)OC(=O)C3OC312. The van der Waals surface area contributed by atoms with Crippen molar-refractivity contribution in [3.05, 3.63) is 24.2 Å². The summed E-state index contributed by atoms with van der Waals surface area (Å²) in [5.41, 5.74) is -4.17. The quantitative estimate of drug-likeness (QED) is 0.562. The molecule has 0 bridgehead atoms. The van der Waals surface area contributed by atoms with E-state index in [1.54, 1.807) is 39.4 Å². The van der Waals surface area contributed by atoms with Crippen LogP contribution < -0.4 is 0 Å². The fraction of sp³-hybridized carbons (Fsp3) is 0.720. The number of hydrogen-bond donors (Lipinski definition) is 1. The summed E-state index contributed by atoms with van der Waals surface area (Å²) in [4.78, 5) is 40.1. The Balaban J connectivity index is 1.70. The van der Waals surface area contributed by atoms with Gasteiger partial charge in [0.2, 0.25) is 0 Å². The van der Waals surface area contributed by atoms with E-state index in [-0.39, 0.29) is 23.9 Å². The number of furan rings is 1. The number of carbonyl (C=O) groups is 3. The molecule has 4 fully saturated rings. The van der Waals surface area contributed by atoms with Crippen molar-refractivity contribution in [3.63, 3.8) is 0 Å². The van der Waals surface area contributed by atoms with Crippen molar-refractivity contribution in [1.82, 2.24) is 0 Å². The Morgan fingerprint density at radius 3 is 2.44 bits per heavy atom. The van der Waals surface area contributed by atoms with E-state index >= 15 is 0 Å². The molecule has 4 aliphatic rings. The lowest BCUT2D eigenvalue weighted by Crippen LogP contribution is -2.72. The summed E-state index contributed by atoms with van der Waals surface area (Å²) in [6.07, 6.45) is 2.94. The number of Topliss-reactive ketones (excluding diaryl/α,β-unsaturated/α-hetero) is 2. The molecule has 174 valence electrons. The summed E-state index contributed by atoms with van der Waals surface area (Å²) in [5, 5.41) is 11.0. The van der Waals surface area contributed by atoms with Gasteiger partial charge in [-0.1, -0.05) is 13.8 Å². The Morgan fingerprint density at radius 2 is 1.88 bits per heavy atom. The van der Waals surface area contributed by atoms with Crippen LogP contribution in [-0.2, 0) is 23.9 Å². The van der Waals surface area contributed by atoms with Crippen LogP contribution in [0.1, 0.15) is 72.5 Å². The smallest absolute Gasteiger partial charge is 0.339 e. The highest BCUT2D eigenvalue weighted by Gasteiger charge is 2.88. The molecule has 8 atom stereocenters. The predicted octanol–water partition coefficient (Wildman–Crippen LogP) is 3.39. The van der Waals surface area contributed by atoms with E-state index in [0.717, 1.165) is 5.56 Å². The number of carbonyl (C=O) groups excluding carboxylic acids is 3. The third-order valence-electron chi connectivity index (χ3n) is 9.79. The van der Waals surface area contributed by atoms with E-state index in [9.17, 15) is 19.5 Å². The first kappa shape index (κ1) is 21.8. The summed E-state index contributed by atoms with van der Waals surface area (Å²) < 4.78 is 17.4. The number of rotatable bonds is 3. The minimum Gasteiger partial charge on any atom is -0.472 e. The normalized spacial score (nSPS) is 47.7. The maximum absolute atomic E-state index is 14.0. The molecule has 0 aromatic carbocycles. The number of ether oxygens (including phenoxy) is 2. The molecule has 0 radical (unpaired) electrons. The monoisotopic (exact) mass is 444 g/mol. The average Bonchev–Trinajstić information content (AvgIpc) is 3.26. The van der Waals surface area contributed by atoms with Gasteiger partial charge in [-0.25, -0.2) is 4.79 Å². The second-order valence-electron chi connectivity index (χ2n) is 11.5. The zero-order valence-electron chi connectivity index (χ0n) is 19.6. The van der Waals surface area contributed by atoms with Crippen LogP contribution in [0.4, 0.5) is 0 Å². The number of aliphatic hydroxyl groups is 1. The van der Waals surface area contributed by atoms with Crippen LogP contribution in [0.2, 0.25) is 0 Å². The van der Waals surface area contributed by atoms with E-state index < -0.39 is 51.5 Å². The van der Waals surface area contributed by atoms with Gasteiger partial charge in [-0.3, -0.25) is 9.59 Å². The van der Waals surface area contributed by atoms with Gasteiger partial charge in [0.1, 0.15) is 23.3 Å². The summed E-state index contributed by atoms with van der Waals surface area (Å²) >= 11 is 0. The van der Waals surface area contributed by atoms with Crippen molar-refractivity contribution in [2.75, 3.05) is 0 Å². The van der Waals surface area contributed by atoms with Crippen LogP contribution in [0.25, 0.3) is 0 Å². The Kier molecular flexibility index (Phi) is 4.17. The van der Waals surface area contributed by atoms with Gasteiger partial charge in [0.05, 0.1) is 23.5 Å². The molecular weight excluding hydrogens is 412 g/mol. The van der Waals surface area contributed by atoms with Crippen LogP contribution in [-0.4, -0.2) is 39.9 Å². The van der Waals surface area contributed by atoms with E-state index in [0.29, 0.717) is 12.8 Å². The van der Waals surface area contributed by atoms with E-state index in [1.807, 2.05) is 20.8 Å². The topological polar surface area (TPSA) is 106 Å². The standard InChI is InChI=1S/C25H32O7/c1-13(26)23(5)15-7-9-22(4)18(14-8-10-30-12-14)31-20(28)19-25(22,32-19)24(15,6)17(27)11-16(23)21(2,3)29/h8,10,12,15-16,18-19,29H,7,9,11H2,1-6H3. The van der Waals surface area contributed by atoms with Crippen molar-refractivity contribution in [3.8, 4) is 0 Å². The second kappa shape index (κ2) is 6.11. The molecule has 8 unspecified atom stereocenters. The van der Waals surface area contributed by atoms with E-state index in [4.69, 9.17) is 13.9 Å². The van der Waals surface area contributed by atoms with Crippen LogP contribution in [0.3, 0.4) is 0 Å². The third kappa shape index (κ3) is 2.22. The molecule has 1 spiro atoms. The lowest BCUT2D eigenvalue weighted by molar-refractivity contribution is -0.218. The van der Waals surface area contributed by atoms with Gasteiger partial charge in [-0.05, 0) is 52.5 Å². The van der Waals surface area contributed by atoms with Crippen LogP contribution >= 0.6 is 0 Å².